The molecule has 1 atom stereocenters. The molecule has 1 fully saturated rings. The zero-order valence-corrected chi connectivity index (χ0v) is 13.4. The molecule has 1 aromatic carbocycles. The van der Waals surface area contributed by atoms with Crippen LogP contribution < -0.4 is 5.32 Å². The fourth-order valence-electron chi connectivity index (χ4n) is 2.37. The molecule has 0 aliphatic carbocycles. The van der Waals surface area contributed by atoms with Gasteiger partial charge in [-0.3, -0.25) is 0 Å². The van der Waals surface area contributed by atoms with Crippen molar-refractivity contribution in [1.82, 2.24) is 14.6 Å². The van der Waals surface area contributed by atoms with Gasteiger partial charge in [-0.25, -0.2) is 13.4 Å². The Morgan fingerprint density at radius 2 is 2.25 bits per heavy atom. The van der Waals surface area contributed by atoms with Gasteiger partial charge >= 0.3 is 0 Å². The summed E-state index contributed by atoms with van der Waals surface area (Å²) < 4.78 is 27.9. The van der Waals surface area contributed by atoms with Gasteiger partial charge in [0.2, 0.25) is 10.0 Å². The first-order valence-corrected chi connectivity index (χ1v) is 8.47. The van der Waals surface area contributed by atoms with Crippen molar-refractivity contribution in [2.45, 2.75) is 17.9 Å². The summed E-state index contributed by atoms with van der Waals surface area (Å²) >= 11 is 1.37. The molecule has 1 aliphatic rings. The van der Waals surface area contributed by atoms with Crippen LogP contribution in [0.5, 0.6) is 0 Å². The van der Waals surface area contributed by atoms with Crippen LogP contribution in [0.3, 0.4) is 0 Å². The lowest BCUT2D eigenvalue weighted by Gasteiger charge is -2.32. The van der Waals surface area contributed by atoms with E-state index in [-0.39, 0.29) is 18.4 Å². The van der Waals surface area contributed by atoms with Crippen LogP contribution in [0.15, 0.2) is 28.6 Å². The van der Waals surface area contributed by atoms with Gasteiger partial charge < -0.3 is 5.32 Å². The van der Waals surface area contributed by atoms with Crippen LogP contribution in [-0.2, 0) is 10.0 Å². The number of nitrogens with zero attached hydrogens (tertiary/aromatic N) is 2. The summed E-state index contributed by atoms with van der Waals surface area (Å²) in [6.07, 6.45) is 0. The Balaban J connectivity index is 0.00000147. The number of sulfonamides is 1. The fraction of sp³-hybridized carbons (Fsp3) is 0.417. The Morgan fingerprint density at radius 3 is 3.00 bits per heavy atom. The Hall–Kier alpha value is -0.730. The molecule has 3 rings (SSSR count). The standard InChI is InChI=1S/C12H15N3O2S2.ClH/c1-9-7-13-5-6-15(9)19(16,17)11-4-2-3-10-12(11)18-8-14-10;/h2-4,8-9,13H,5-7H2,1H3;1H. The van der Waals surface area contributed by atoms with E-state index in [2.05, 4.69) is 10.3 Å². The van der Waals surface area contributed by atoms with Crippen LogP contribution in [-0.4, -0.2) is 43.4 Å². The van der Waals surface area contributed by atoms with Gasteiger partial charge in [0.15, 0.2) is 0 Å². The fourth-order valence-corrected chi connectivity index (χ4v) is 5.25. The van der Waals surface area contributed by atoms with Crippen LogP contribution >= 0.6 is 23.7 Å². The van der Waals surface area contributed by atoms with Gasteiger partial charge in [-0.1, -0.05) is 6.07 Å². The van der Waals surface area contributed by atoms with E-state index in [1.165, 1.54) is 11.3 Å². The zero-order valence-electron chi connectivity index (χ0n) is 10.9. The maximum absolute atomic E-state index is 12.8. The maximum Gasteiger partial charge on any atom is 0.244 e. The molecule has 110 valence electrons. The van der Waals surface area contributed by atoms with Crippen LogP contribution in [0.4, 0.5) is 0 Å². The number of halogens is 1. The molecule has 0 saturated carbocycles. The first-order valence-electron chi connectivity index (χ1n) is 6.15. The molecular formula is C12H16ClN3O2S2. The highest BCUT2D eigenvalue weighted by Crippen LogP contribution is 2.29. The third-order valence-corrected chi connectivity index (χ3v) is 6.41. The van der Waals surface area contributed by atoms with Crippen LogP contribution in [0.25, 0.3) is 10.2 Å². The third-order valence-electron chi connectivity index (χ3n) is 3.35. The summed E-state index contributed by atoms with van der Waals surface area (Å²) in [5, 5.41) is 3.20. The second kappa shape index (κ2) is 5.95. The van der Waals surface area contributed by atoms with Gasteiger partial charge in [-0.15, -0.1) is 23.7 Å². The van der Waals surface area contributed by atoms with Gasteiger partial charge in [0.1, 0.15) is 4.90 Å². The molecule has 2 aromatic rings. The Labute approximate surface area is 128 Å². The van der Waals surface area contributed by atoms with Crippen LogP contribution in [0.2, 0.25) is 0 Å². The molecule has 0 radical (unpaired) electrons. The maximum atomic E-state index is 12.8. The lowest BCUT2D eigenvalue weighted by atomic mass is 10.3. The van der Waals surface area contributed by atoms with Gasteiger partial charge in [-0.2, -0.15) is 4.31 Å². The average Bonchev–Trinajstić information content (AvgIpc) is 2.86. The van der Waals surface area contributed by atoms with Crippen molar-refractivity contribution in [3.63, 3.8) is 0 Å². The Kier molecular flexibility index (Phi) is 4.66. The van der Waals surface area contributed by atoms with E-state index in [0.29, 0.717) is 24.5 Å². The predicted molar refractivity (Wildman–Crippen MR) is 83.1 cm³/mol. The molecule has 0 spiro atoms. The van der Waals surface area contributed by atoms with E-state index in [9.17, 15) is 8.42 Å². The number of hydrogen-bond acceptors (Lipinski definition) is 5. The van der Waals surface area contributed by atoms with Crippen molar-refractivity contribution in [2.24, 2.45) is 0 Å². The molecule has 2 heterocycles. The SMILES string of the molecule is CC1CNCCN1S(=O)(=O)c1cccc2ncsc12.Cl. The topological polar surface area (TPSA) is 62.3 Å². The van der Waals surface area contributed by atoms with Crippen molar-refractivity contribution < 1.29 is 8.42 Å². The molecule has 1 saturated heterocycles. The van der Waals surface area contributed by atoms with Gasteiger partial charge in [0.05, 0.1) is 15.7 Å². The summed E-state index contributed by atoms with van der Waals surface area (Å²) in [6.45, 7) is 3.83. The van der Waals surface area contributed by atoms with E-state index < -0.39 is 10.0 Å². The predicted octanol–water partition coefficient (Wildman–Crippen LogP) is 1.70. The number of hydrogen-bond donors (Lipinski definition) is 1. The third kappa shape index (κ3) is 2.56. The van der Waals surface area contributed by atoms with E-state index in [1.807, 2.05) is 13.0 Å². The Morgan fingerprint density at radius 1 is 1.45 bits per heavy atom. The average molecular weight is 334 g/mol. The van der Waals surface area contributed by atoms with Gasteiger partial charge in [0, 0.05) is 25.7 Å². The van der Waals surface area contributed by atoms with Gasteiger partial charge in [0.25, 0.3) is 0 Å². The van der Waals surface area contributed by atoms with Crippen molar-refractivity contribution in [2.75, 3.05) is 19.6 Å². The molecule has 5 nitrogen and oxygen atoms in total. The molecule has 1 N–H and O–H groups in total. The summed E-state index contributed by atoms with van der Waals surface area (Å²) in [5.74, 6) is 0. The molecule has 1 unspecified atom stereocenters. The molecule has 0 amide bonds. The molecule has 8 heteroatoms. The van der Waals surface area contributed by atoms with E-state index in [1.54, 1.807) is 21.9 Å². The molecule has 1 aliphatic heterocycles. The lowest BCUT2D eigenvalue weighted by molar-refractivity contribution is 0.284. The summed E-state index contributed by atoms with van der Waals surface area (Å²) in [4.78, 5) is 4.56. The zero-order chi connectivity index (χ0) is 13.5. The minimum Gasteiger partial charge on any atom is -0.314 e. The lowest BCUT2D eigenvalue weighted by Crippen LogP contribution is -2.52. The normalized spacial score (nSPS) is 20.8. The molecule has 0 bridgehead atoms. The monoisotopic (exact) mass is 333 g/mol. The first kappa shape index (κ1) is 15.7. The number of rotatable bonds is 2. The highest BCUT2D eigenvalue weighted by Gasteiger charge is 2.32. The minimum atomic E-state index is -3.44. The smallest absolute Gasteiger partial charge is 0.244 e. The summed E-state index contributed by atoms with van der Waals surface area (Å²) in [7, 11) is -3.44. The minimum absolute atomic E-state index is 0. The number of benzene rings is 1. The quantitative estimate of drug-likeness (QED) is 0.908. The number of piperazine rings is 1. The van der Waals surface area contributed by atoms with Gasteiger partial charge in [-0.05, 0) is 19.1 Å². The number of thiazole rings is 1. The van der Waals surface area contributed by atoms with Crippen molar-refractivity contribution in [1.29, 1.82) is 0 Å². The van der Waals surface area contributed by atoms with Crippen molar-refractivity contribution in [3.8, 4) is 0 Å². The van der Waals surface area contributed by atoms with Crippen molar-refractivity contribution >= 4 is 44.0 Å². The molecular weight excluding hydrogens is 318 g/mol. The highest BCUT2D eigenvalue weighted by atomic mass is 35.5. The summed E-state index contributed by atoms with van der Waals surface area (Å²) in [6, 6.07) is 5.24. The van der Waals surface area contributed by atoms with Crippen LogP contribution in [0, 0.1) is 0 Å². The Bertz CT molecular complexity index is 702. The largest absolute Gasteiger partial charge is 0.314 e. The van der Waals surface area contributed by atoms with Crippen LogP contribution in [0.1, 0.15) is 6.92 Å². The summed E-state index contributed by atoms with van der Waals surface area (Å²) in [5.41, 5.74) is 2.43. The first-order chi connectivity index (χ1) is 9.10. The molecule has 1 aromatic heterocycles. The number of nitrogens with one attached hydrogen (secondary N) is 1. The van der Waals surface area contributed by atoms with E-state index >= 15 is 0 Å². The number of fused-ring (bicyclic) bond motifs is 1. The second-order valence-corrected chi connectivity index (χ2v) is 7.34. The van der Waals surface area contributed by atoms with E-state index in [4.69, 9.17) is 0 Å². The van der Waals surface area contributed by atoms with E-state index in [0.717, 1.165) is 10.2 Å². The molecule has 20 heavy (non-hydrogen) atoms. The highest BCUT2D eigenvalue weighted by molar-refractivity contribution is 7.89. The second-order valence-electron chi connectivity index (χ2n) is 4.63. The number of aromatic nitrogens is 1. The van der Waals surface area contributed by atoms with Crippen molar-refractivity contribution in [3.05, 3.63) is 23.7 Å².